The van der Waals surface area contributed by atoms with E-state index in [1.807, 2.05) is 0 Å². The van der Waals surface area contributed by atoms with E-state index in [0.717, 1.165) is 0 Å². The molecule has 7 heteroatoms. The molecule has 1 aromatic rings. The zero-order valence-corrected chi connectivity index (χ0v) is 9.30. The maximum absolute atomic E-state index is 12.6. The molecule has 0 bridgehead atoms. The summed E-state index contributed by atoms with van der Waals surface area (Å²) in [4.78, 5) is 3.87. The highest BCUT2D eigenvalue weighted by molar-refractivity contribution is 5.14. The summed E-state index contributed by atoms with van der Waals surface area (Å²) in [7, 11) is 0. The molecule has 96 valence electrons. The van der Waals surface area contributed by atoms with Crippen molar-refractivity contribution in [3.8, 4) is 0 Å². The van der Waals surface area contributed by atoms with E-state index in [9.17, 15) is 13.2 Å². The summed E-state index contributed by atoms with van der Waals surface area (Å²) < 4.78 is 48.0. The number of morpholine rings is 1. The summed E-state index contributed by atoms with van der Waals surface area (Å²) in [5.41, 5.74) is -0.0679. The van der Waals surface area contributed by atoms with E-state index in [4.69, 9.17) is 9.15 Å². The van der Waals surface area contributed by atoms with Gasteiger partial charge in [-0.25, -0.2) is 4.98 Å². The molecule has 2 heterocycles. The van der Waals surface area contributed by atoms with Crippen molar-refractivity contribution in [1.29, 1.82) is 0 Å². The summed E-state index contributed by atoms with van der Waals surface area (Å²) in [5, 5.41) is 3.01. The molecule has 0 aliphatic carbocycles. The summed E-state index contributed by atoms with van der Waals surface area (Å²) >= 11 is 0. The third-order valence-electron chi connectivity index (χ3n) is 2.51. The number of halogens is 3. The Bertz CT molecular complexity index is 383. The fraction of sp³-hybridized carbons (Fsp3) is 0.700. The first kappa shape index (κ1) is 12.4. The Morgan fingerprint density at radius 2 is 2.24 bits per heavy atom. The van der Waals surface area contributed by atoms with Crippen LogP contribution in [0.25, 0.3) is 0 Å². The second-order valence-corrected chi connectivity index (χ2v) is 3.74. The lowest BCUT2D eigenvalue weighted by Gasteiger charge is -2.20. The van der Waals surface area contributed by atoms with Crippen LogP contribution in [-0.2, 0) is 17.3 Å². The fourth-order valence-electron chi connectivity index (χ4n) is 1.69. The normalized spacial score (nSPS) is 21.8. The maximum Gasteiger partial charge on any atom is 0.451 e. The first-order valence-corrected chi connectivity index (χ1v) is 5.41. The Hall–Kier alpha value is -1.08. The van der Waals surface area contributed by atoms with Gasteiger partial charge in [-0.15, -0.1) is 0 Å². The molecule has 4 nitrogen and oxygen atoms in total. The van der Waals surface area contributed by atoms with Crippen molar-refractivity contribution in [2.24, 2.45) is 0 Å². The van der Waals surface area contributed by atoms with E-state index in [-0.39, 0.29) is 18.0 Å². The first-order valence-electron chi connectivity index (χ1n) is 5.41. The van der Waals surface area contributed by atoms with Crippen LogP contribution in [0.2, 0.25) is 0 Å². The van der Waals surface area contributed by atoms with Crippen LogP contribution in [0.1, 0.15) is 30.4 Å². The number of hydrogen-bond donors (Lipinski definition) is 1. The second-order valence-electron chi connectivity index (χ2n) is 3.74. The van der Waals surface area contributed by atoms with Crippen LogP contribution in [0.5, 0.6) is 0 Å². The van der Waals surface area contributed by atoms with E-state index in [0.29, 0.717) is 19.7 Å². The minimum absolute atomic E-state index is 0.00127. The largest absolute Gasteiger partial charge is 0.451 e. The number of aryl methyl sites for hydroxylation is 1. The highest BCUT2D eigenvalue weighted by Gasteiger charge is 2.40. The van der Waals surface area contributed by atoms with Crippen LogP contribution in [-0.4, -0.2) is 24.7 Å². The molecule has 1 saturated heterocycles. The second kappa shape index (κ2) is 4.66. The molecule has 2 rings (SSSR count). The number of ether oxygens (including phenoxy) is 1. The van der Waals surface area contributed by atoms with Crippen molar-refractivity contribution < 1.29 is 22.3 Å². The lowest BCUT2D eigenvalue weighted by Crippen LogP contribution is -2.33. The Morgan fingerprint density at radius 3 is 2.71 bits per heavy atom. The van der Waals surface area contributed by atoms with Gasteiger partial charge in [0.2, 0.25) is 11.7 Å². The van der Waals surface area contributed by atoms with E-state index < -0.39 is 18.0 Å². The zero-order valence-electron chi connectivity index (χ0n) is 9.30. The van der Waals surface area contributed by atoms with Crippen molar-refractivity contribution in [3.63, 3.8) is 0 Å². The van der Waals surface area contributed by atoms with Crippen LogP contribution in [0.4, 0.5) is 13.2 Å². The van der Waals surface area contributed by atoms with Gasteiger partial charge < -0.3 is 14.5 Å². The summed E-state index contributed by atoms with van der Waals surface area (Å²) in [6, 6.07) is 0. The molecule has 1 atom stereocenters. The number of oxazole rings is 1. The Balaban J connectivity index is 2.27. The van der Waals surface area contributed by atoms with Gasteiger partial charge in [-0.1, -0.05) is 6.92 Å². The SMILES string of the molecule is CCc1nc(C2CNCCO2)oc1C(F)(F)F. The molecule has 1 aliphatic rings. The predicted octanol–water partition coefficient (Wildman–Crippen LogP) is 1.92. The lowest BCUT2D eigenvalue weighted by molar-refractivity contribution is -0.155. The molecular weight excluding hydrogens is 237 g/mol. The van der Waals surface area contributed by atoms with Crippen LogP contribution in [0.15, 0.2) is 4.42 Å². The fourth-order valence-corrected chi connectivity index (χ4v) is 1.69. The summed E-state index contributed by atoms with van der Waals surface area (Å²) in [6.07, 6.45) is -4.86. The van der Waals surface area contributed by atoms with Gasteiger partial charge >= 0.3 is 6.18 Å². The molecule has 0 saturated carbocycles. The number of nitrogens with one attached hydrogen (secondary N) is 1. The summed E-state index contributed by atoms with van der Waals surface area (Å²) in [6.45, 7) is 3.15. The van der Waals surface area contributed by atoms with Crippen molar-refractivity contribution in [2.75, 3.05) is 19.7 Å². The van der Waals surface area contributed by atoms with Crippen LogP contribution in [0.3, 0.4) is 0 Å². The van der Waals surface area contributed by atoms with E-state index in [1.165, 1.54) is 0 Å². The van der Waals surface area contributed by atoms with Crippen molar-refractivity contribution in [3.05, 3.63) is 17.3 Å². The third-order valence-corrected chi connectivity index (χ3v) is 2.51. The quantitative estimate of drug-likeness (QED) is 0.871. The Kier molecular flexibility index (Phi) is 3.39. The molecule has 1 unspecified atom stereocenters. The molecule has 1 fully saturated rings. The average Bonchev–Trinajstić information content (AvgIpc) is 2.74. The van der Waals surface area contributed by atoms with Gasteiger partial charge in [0.05, 0.1) is 12.3 Å². The van der Waals surface area contributed by atoms with Gasteiger partial charge in [0.25, 0.3) is 0 Å². The topological polar surface area (TPSA) is 47.3 Å². The van der Waals surface area contributed by atoms with E-state index in [1.54, 1.807) is 6.92 Å². The standard InChI is InChI=1S/C10H13F3N2O2/c1-2-6-8(10(11,12)13)17-9(15-6)7-5-14-3-4-16-7/h7,14H,2-5H2,1H3. The number of alkyl halides is 3. The summed E-state index contributed by atoms with van der Waals surface area (Å²) in [5.74, 6) is -1.01. The lowest BCUT2D eigenvalue weighted by atomic mass is 10.3. The van der Waals surface area contributed by atoms with Crippen LogP contribution < -0.4 is 5.32 Å². The molecule has 0 spiro atoms. The van der Waals surface area contributed by atoms with Crippen LogP contribution in [0, 0.1) is 0 Å². The van der Waals surface area contributed by atoms with Gasteiger partial charge in [-0.3, -0.25) is 0 Å². The smallest absolute Gasteiger partial charge is 0.433 e. The monoisotopic (exact) mass is 250 g/mol. The third kappa shape index (κ3) is 2.61. The van der Waals surface area contributed by atoms with Crippen molar-refractivity contribution >= 4 is 0 Å². The van der Waals surface area contributed by atoms with Crippen LogP contribution >= 0.6 is 0 Å². The first-order chi connectivity index (χ1) is 8.02. The number of nitrogens with zero attached hydrogens (tertiary/aromatic N) is 1. The Labute approximate surface area is 96.2 Å². The van der Waals surface area contributed by atoms with Gasteiger partial charge in [-0.05, 0) is 6.42 Å². The molecule has 17 heavy (non-hydrogen) atoms. The molecule has 1 aliphatic heterocycles. The Morgan fingerprint density at radius 1 is 1.47 bits per heavy atom. The molecule has 1 aromatic heterocycles. The number of rotatable bonds is 2. The number of hydrogen-bond acceptors (Lipinski definition) is 4. The van der Waals surface area contributed by atoms with E-state index in [2.05, 4.69) is 10.3 Å². The maximum atomic E-state index is 12.6. The van der Waals surface area contributed by atoms with E-state index >= 15 is 0 Å². The predicted molar refractivity (Wildman–Crippen MR) is 52.4 cm³/mol. The van der Waals surface area contributed by atoms with Gasteiger partial charge in [0.15, 0.2) is 0 Å². The van der Waals surface area contributed by atoms with Crippen molar-refractivity contribution in [1.82, 2.24) is 10.3 Å². The van der Waals surface area contributed by atoms with Gasteiger partial charge in [-0.2, -0.15) is 13.2 Å². The van der Waals surface area contributed by atoms with Crippen molar-refractivity contribution in [2.45, 2.75) is 25.6 Å². The minimum Gasteiger partial charge on any atom is -0.433 e. The molecule has 0 aromatic carbocycles. The highest BCUT2D eigenvalue weighted by Crippen LogP contribution is 2.34. The minimum atomic E-state index is -4.50. The molecular formula is C10H13F3N2O2. The highest BCUT2D eigenvalue weighted by atomic mass is 19.4. The van der Waals surface area contributed by atoms with Gasteiger partial charge in [0.1, 0.15) is 6.10 Å². The molecule has 0 amide bonds. The average molecular weight is 250 g/mol. The van der Waals surface area contributed by atoms with Gasteiger partial charge in [0, 0.05) is 13.1 Å². The molecule has 0 radical (unpaired) electrons. The molecule has 1 N–H and O–H groups in total. The zero-order chi connectivity index (χ0) is 12.5. The number of aromatic nitrogens is 1.